The fourth-order valence-electron chi connectivity index (χ4n) is 3.85. The largest absolute Gasteiger partial charge is 0.0596 e. The quantitative estimate of drug-likeness (QED) is 0.552. The summed E-state index contributed by atoms with van der Waals surface area (Å²) in [5, 5.41) is 0. The molecular formula is C15H30. The van der Waals surface area contributed by atoms with Gasteiger partial charge in [0.05, 0.1) is 0 Å². The first-order chi connectivity index (χ1) is 6.61. The SMILES string of the molecule is CC(C)(C)C(C)(C1CCCC1)C(C)(C)C. The first kappa shape index (κ1) is 13.1. The third-order valence-corrected chi connectivity index (χ3v) is 5.29. The third-order valence-electron chi connectivity index (χ3n) is 5.29. The van der Waals surface area contributed by atoms with Crippen molar-refractivity contribution in [3.8, 4) is 0 Å². The molecule has 15 heavy (non-hydrogen) atoms. The van der Waals surface area contributed by atoms with Crippen molar-refractivity contribution in [3.05, 3.63) is 0 Å². The molecule has 0 radical (unpaired) electrons. The van der Waals surface area contributed by atoms with E-state index in [9.17, 15) is 0 Å². The van der Waals surface area contributed by atoms with Gasteiger partial charge in [0.15, 0.2) is 0 Å². The molecule has 0 nitrogen and oxygen atoms in total. The van der Waals surface area contributed by atoms with Gasteiger partial charge in [0.1, 0.15) is 0 Å². The molecule has 0 heterocycles. The Hall–Kier alpha value is 0. The summed E-state index contributed by atoms with van der Waals surface area (Å²) in [6, 6.07) is 0. The smallest absolute Gasteiger partial charge is 0.0200 e. The average molecular weight is 210 g/mol. The van der Waals surface area contributed by atoms with E-state index in [2.05, 4.69) is 48.5 Å². The van der Waals surface area contributed by atoms with E-state index in [0.717, 1.165) is 5.92 Å². The van der Waals surface area contributed by atoms with Crippen LogP contribution < -0.4 is 0 Å². The molecule has 0 atom stereocenters. The molecule has 0 unspecified atom stereocenters. The molecule has 0 aliphatic heterocycles. The molecule has 0 bridgehead atoms. The Morgan fingerprint density at radius 3 is 1.27 bits per heavy atom. The van der Waals surface area contributed by atoms with Gasteiger partial charge >= 0.3 is 0 Å². The Balaban J connectivity index is 3.06. The van der Waals surface area contributed by atoms with Crippen LogP contribution in [0, 0.1) is 22.2 Å². The van der Waals surface area contributed by atoms with Crippen LogP contribution in [0.25, 0.3) is 0 Å². The molecule has 0 aromatic carbocycles. The second-order valence-corrected chi connectivity index (χ2v) is 7.68. The van der Waals surface area contributed by atoms with Gasteiger partial charge in [-0.2, -0.15) is 0 Å². The van der Waals surface area contributed by atoms with Crippen molar-refractivity contribution in [2.24, 2.45) is 22.2 Å². The minimum Gasteiger partial charge on any atom is -0.0596 e. The molecule has 1 aliphatic carbocycles. The monoisotopic (exact) mass is 210 g/mol. The molecule has 1 aliphatic rings. The van der Waals surface area contributed by atoms with Crippen molar-refractivity contribution >= 4 is 0 Å². The van der Waals surface area contributed by atoms with Gasteiger partial charge in [-0.25, -0.2) is 0 Å². The lowest BCUT2D eigenvalue weighted by molar-refractivity contribution is -0.0668. The van der Waals surface area contributed by atoms with Crippen LogP contribution in [-0.2, 0) is 0 Å². The van der Waals surface area contributed by atoms with Gasteiger partial charge in [-0.15, -0.1) is 0 Å². The Kier molecular flexibility index (Phi) is 3.30. The second kappa shape index (κ2) is 3.79. The Morgan fingerprint density at radius 1 is 0.667 bits per heavy atom. The van der Waals surface area contributed by atoms with Gasteiger partial charge in [0.25, 0.3) is 0 Å². The van der Waals surface area contributed by atoms with E-state index in [1.54, 1.807) is 0 Å². The summed E-state index contributed by atoms with van der Waals surface area (Å²) in [6.07, 6.45) is 5.80. The molecule has 90 valence electrons. The van der Waals surface area contributed by atoms with Gasteiger partial charge in [-0.05, 0) is 35.0 Å². The van der Waals surface area contributed by atoms with Crippen LogP contribution in [-0.4, -0.2) is 0 Å². The number of hydrogen-bond donors (Lipinski definition) is 0. The average Bonchev–Trinajstić information content (AvgIpc) is 2.49. The molecule has 0 saturated heterocycles. The minimum atomic E-state index is 0.403. The minimum absolute atomic E-state index is 0.403. The Morgan fingerprint density at radius 2 is 1.00 bits per heavy atom. The molecule has 1 rings (SSSR count). The van der Waals surface area contributed by atoms with Crippen molar-refractivity contribution in [2.75, 3.05) is 0 Å². The first-order valence-electron chi connectivity index (χ1n) is 6.61. The zero-order valence-electron chi connectivity index (χ0n) is 11.9. The summed E-state index contributed by atoms with van der Waals surface area (Å²) in [5.74, 6) is 0.928. The van der Waals surface area contributed by atoms with Crippen LogP contribution in [0.15, 0.2) is 0 Å². The summed E-state index contributed by atoms with van der Waals surface area (Å²) in [7, 11) is 0. The molecule has 0 spiro atoms. The lowest BCUT2D eigenvalue weighted by atomic mass is 9.49. The molecule has 0 aromatic heterocycles. The van der Waals surface area contributed by atoms with Crippen LogP contribution in [0.3, 0.4) is 0 Å². The lowest BCUT2D eigenvalue weighted by Gasteiger charge is -2.55. The van der Waals surface area contributed by atoms with Crippen molar-refractivity contribution in [1.82, 2.24) is 0 Å². The van der Waals surface area contributed by atoms with Gasteiger partial charge < -0.3 is 0 Å². The molecule has 0 amide bonds. The summed E-state index contributed by atoms with van der Waals surface area (Å²) >= 11 is 0. The fourth-order valence-corrected chi connectivity index (χ4v) is 3.85. The normalized spacial score (nSPS) is 21.0. The molecule has 1 fully saturated rings. The third kappa shape index (κ3) is 2.10. The molecule has 0 heteroatoms. The van der Waals surface area contributed by atoms with E-state index in [-0.39, 0.29) is 0 Å². The van der Waals surface area contributed by atoms with Crippen LogP contribution in [0.1, 0.15) is 74.1 Å². The number of hydrogen-bond acceptors (Lipinski definition) is 0. The van der Waals surface area contributed by atoms with Crippen LogP contribution >= 0.6 is 0 Å². The zero-order chi connectivity index (χ0) is 11.9. The summed E-state index contributed by atoms with van der Waals surface area (Å²) in [4.78, 5) is 0. The van der Waals surface area contributed by atoms with Crippen LogP contribution in [0.5, 0.6) is 0 Å². The fraction of sp³-hybridized carbons (Fsp3) is 1.00. The highest BCUT2D eigenvalue weighted by Gasteiger charge is 2.51. The first-order valence-corrected chi connectivity index (χ1v) is 6.61. The van der Waals surface area contributed by atoms with E-state index in [4.69, 9.17) is 0 Å². The molecule has 0 aromatic rings. The summed E-state index contributed by atoms with van der Waals surface area (Å²) < 4.78 is 0. The highest BCUT2D eigenvalue weighted by atomic mass is 14.6. The Bertz CT molecular complexity index is 191. The maximum Gasteiger partial charge on any atom is -0.0200 e. The maximum absolute atomic E-state index is 2.53. The summed E-state index contributed by atoms with van der Waals surface area (Å²) in [5.41, 5.74) is 1.26. The predicted molar refractivity (Wildman–Crippen MR) is 69.0 cm³/mol. The maximum atomic E-state index is 2.53. The van der Waals surface area contributed by atoms with Crippen molar-refractivity contribution in [2.45, 2.75) is 74.1 Å². The zero-order valence-corrected chi connectivity index (χ0v) is 11.9. The van der Waals surface area contributed by atoms with E-state index in [1.807, 2.05) is 0 Å². The van der Waals surface area contributed by atoms with Crippen molar-refractivity contribution < 1.29 is 0 Å². The van der Waals surface area contributed by atoms with Crippen LogP contribution in [0.2, 0.25) is 0 Å². The number of rotatable bonds is 1. The van der Waals surface area contributed by atoms with Gasteiger partial charge in [0, 0.05) is 0 Å². The highest BCUT2D eigenvalue weighted by molar-refractivity contribution is 5.00. The van der Waals surface area contributed by atoms with Gasteiger partial charge in [-0.3, -0.25) is 0 Å². The van der Waals surface area contributed by atoms with E-state index in [1.165, 1.54) is 25.7 Å². The standard InChI is InChI=1S/C15H30/c1-13(2,3)15(7,14(4,5)6)12-10-8-9-11-12/h12H,8-11H2,1-7H3. The Labute approximate surface area is 96.8 Å². The van der Waals surface area contributed by atoms with E-state index in [0.29, 0.717) is 16.2 Å². The topological polar surface area (TPSA) is 0 Å². The van der Waals surface area contributed by atoms with Crippen molar-refractivity contribution in [1.29, 1.82) is 0 Å². The van der Waals surface area contributed by atoms with E-state index < -0.39 is 0 Å². The molecular weight excluding hydrogens is 180 g/mol. The van der Waals surface area contributed by atoms with E-state index >= 15 is 0 Å². The predicted octanol–water partition coefficient (Wildman–Crippen LogP) is 5.28. The second-order valence-electron chi connectivity index (χ2n) is 7.68. The van der Waals surface area contributed by atoms with Crippen LogP contribution in [0.4, 0.5) is 0 Å². The van der Waals surface area contributed by atoms with Gasteiger partial charge in [-0.1, -0.05) is 61.3 Å². The van der Waals surface area contributed by atoms with Gasteiger partial charge in [0.2, 0.25) is 0 Å². The van der Waals surface area contributed by atoms with Crippen molar-refractivity contribution in [3.63, 3.8) is 0 Å². The lowest BCUT2D eigenvalue weighted by Crippen LogP contribution is -2.48. The molecule has 0 N–H and O–H groups in total. The molecule has 1 saturated carbocycles. The highest BCUT2D eigenvalue weighted by Crippen LogP contribution is 2.59. The summed E-state index contributed by atoms with van der Waals surface area (Å²) in [6.45, 7) is 17.1.